The maximum absolute atomic E-state index is 4.40. The highest BCUT2D eigenvalue weighted by Crippen LogP contribution is 2.45. The predicted molar refractivity (Wildman–Crippen MR) is 79.4 cm³/mol. The van der Waals surface area contributed by atoms with Crippen LogP contribution in [0.2, 0.25) is 0 Å². The number of fused-ring (bicyclic) bond motifs is 2. The van der Waals surface area contributed by atoms with E-state index >= 15 is 0 Å². The van der Waals surface area contributed by atoms with Gasteiger partial charge in [-0.25, -0.2) is 4.98 Å². The summed E-state index contributed by atoms with van der Waals surface area (Å²) >= 11 is 0. The van der Waals surface area contributed by atoms with E-state index in [1.807, 2.05) is 6.92 Å². The highest BCUT2D eigenvalue weighted by molar-refractivity contribution is 5.62. The molecule has 2 aromatic rings. The summed E-state index contributed by atoms with van der Waals surface area (Å²) in [6, 6.07) is 9.12. The van der Waals surface area contributed by atoms with Crippen molar-refractivity contribution in [3.63, 3.8) is 0 Å². The average Bonchev–Trinajstić information content (AvgIpc) is 3.15. The average molecular weight is 268 g/mol. The lowest BCUT2D eigenvalue weighted by atomic mass is 9.95. The Labute approximate surface area is 119 Å². The molecule has 0 aliphatic heterocycles. The summed E-state index contributed by atoms with van der Waals surface area (Å²) in [6.45, 7) is 1.92. The first-order valence-electron chi connectivity index (χ1n) is 7.54. The van der Waals surface area contributed by atoms with Gasteiger partial charge in [-0.1, -0.05) is 18.6 Å². The summed E-state index contributed by atoms with van der Waals surface area (Å²) in [5.74, 6) is 3.48. The number of nitrogens with zero attached hydrogens (tertiary/aromatic N) is 2. The molecule has 4 rings (SSSR count). The van der Waals surface area contributed by atoms with Crippen LogP contribution < -0.4 is 5.32 Å². The Hall–Kier alpha value is -1.84. The van der Waals surface area contributed by atoms with E-state index in [0.29, 0.717) is 6.04 Å². The molecule has 3 unspecified atom stereocenters. The van der Waals surface area contributed by atoms with E-state index in [0.717, 1.165) is 29.0 Å². The second-order valence-corrected chi connectivity index (χ2v) is 6.25. The Morgan fingerprint density at radius 1 is 1.25 bits per heavy atom. The van der Waals surface area contributed by atoms with Gasteiger partial charge in [0.1, 0.15) is 5.82 Å². The van der Waals surface area contributed by atoms with Crippen LogP contribution in [0.15, 0.2) is 24.3 Å². The van der Waals surface area contributed by atoms with Crippen LogP contribution in [0.5, 0.6) is 0 Å². The van der Waals surface area contributed by atoms with Crippen LogP contribution >= 0.6 is 0 Å². The molecule has 2 bridgehead atoms. The molecule has 2 saturated carbocycles. The number of anilines is 1. The number of hydrogen-bond acceptors (Lipinski definition) is 3. The molecule has 104 valence electrons. The molecule has 1 heterocycles. The molecule has 20 heavy (non-hydrogen) atoms. The van der Waals surface area contributed by atoms with Crippen LogP contribution in [0.1, 0.15) is 31.5 Å². The predicted octanol–water partition coefficient (Wildman–Crippen LogP) is 3.38. The number of nitrogens with one attached hydrogen (secondary N) is 2. The zero-order valence-corrected chi connectivity index (χ0v) is 11.8. The minimum Gasteiger partial charge on any atom is -0.382 e. The van der Waals surface area contributed by atoms with Crippen molar-refractivity contribution in [3.05, 3.63) is 30.1 Å². The first-order valence-corrected chi connectivity index (χ1v) is 7.54. The molecule has 3 atom stereocenters. The van der Waals surface area contributed by atoms with Gasteiger partial charge >= 0.3 is 0 Å². The van der Waals surface area contributed by atoms with Crippen molar-refractivity contribution in [2.75, 3.05) is 5.32 Å². The molecule has 0 amide bonds. The van der Waals surface area contributed by atoms with Gasteiger partial charge in [0.2, 0.25) is 0 Å². The summed E-state index contributed by atoms with van der Waals surface area (Å²) < 4.78 is 0. The van der Waals surface area contributed by atoms with E-state index in [4.69, 9.17) is 0 Å². The van der Waals surface area contributed by atoms with Crippen molar-refractivity contribution in [1.82, 2.24) is 15.2 Å². The largest absolute Gasteiger partial charge is 0.382 e. The fourth-order valence-electron chi connectivity index (χ4n) is 3.86. The van der Waals surface area contributed by atoms with Gasteiger partial charge in [-0.15, -0.1) is 0 Å². The summed E-state index contributed by atoms with van der Waals surface area (Å²) in [5, 5.41) is 10.9. The third-order valence-corrected chi connectivity index (χ3v) is 4.81. The Kier molecular flexibility index (Phi) is 2.76. The molecule has 1 aromatic carbocycles. The number of hydrogen-bond donors (Lipinski definition) is 2. The lowest BCUT2D eigenvalue weighted by Crippen LogP contribution is -2.25. The summed E-state index contributed by atoms with van der Waals surface area (Å²) in [6.07, 6.45) is 5.62. The van der Waals surface area contributed by atoms with Gasteiger partial charge in [0.05, 0.1) is 0 Å². The molecule has 1 aromatic heterocycles. The van der Waals surface area contributed by atoms with Gasteiger partial charge in [-0.05, 0) is 50.2 Å². The second kappa shape index (κ2) is 4.62. The van der Waals surface area contributed by atoms with Gasteiger partial charge in [0.25, 0.3) is 0 Å². The molecule has 2 N–H and O–H groups in total. The lowest BCUT2D eigenvalue weighted by molar-refractivity contribution is 0.440. The van der Waals surface area contributed by atoms with E-state index < -0.39 is 0 Å². The number of rotatable bonds is 3. The molecular formula is C16H20N4. The highest BCUT2D eigenvalue weighted by atomic mass is 15.2. The van der Waals surface area contributed by atoms with E-state index in [9.17, 15) is 0 Å². The van der Waals surface area contributed by atoms with E-state index in [-0.39, 0.29) is 0 Å². The van der Waals surface area contributed by atoms with Crippen LogP contribution in [0, 0.1) is 18.8 Å². The maximum atomic E-state index is 4.40. The molecule has 4 nitrogen and oxygen atoms in total. The summed E-state index contributed by atoms with van der Waals surface area (Å²) in [5.41, 5.74) is 2.27. The second-order valence-electron chi connectivity index (χ2n) is 6.25. The molecule has 0 radical (unpaired) electrons. The van der Waals surface area contributed by atoms with E-state index in [1.54, 1.807) is 0 Å². The van der Waals surface area contributed by atoms with Crippen molar-refractivity contribution < 1.29 is 0 Å². The lowest BCUT2D eigenvalue weighted by Gasteiger charge is -2.24. The number of aryl methyl sites for hydroxylation is 1. The molecule has 2 aliphatic carbocycles. The molecular weight excluding hydrogens is 248 g/mol. The van der Waals surface area contributed by atoms with E-state index in [2.05, 4.69) is 44.8 Å². The molecule has 0 spiro atoms. The van der Waals surface area contributed by atoms with Gasteiger partial charge in [-0.2, -0.15) is 5.10 Å². The molecule has 2 fully saturated rings. The third-order valence-electron chi connectivity index (χ3n) is 4.81. The monoisotopic (exact) mass is 268 g/mol. The topological polar surface area (TPSA) is 53.6 Å². The van der Waals surface area contributed by atoms with Crippen LogP contribution in [0.25, 0.3) is 11.4 Å². The third kappa shape index (κ3) is 2.09. The van der Waals surface area contributed by atoms with Gasteiger partial charge in [0.15, 0.2) is 5.82 Å². The number of H-pyrrole nitrogens is 1. The SMILES string of the molecule is Cc1nc(-c2cccc(NC3CC4CCC3C4)c2)n[nH]1. The van der Waals surface area contributed by atoms with Gasteiger partial charge < -0.3 is 5.32 Å². The minimum absolute atomic E-state index is 0.665. The Morgan fingerprint density at radius 2 is 2.20 bits per heavy atom. The highest BCUT2D eigenvalue weighted by Gasteiger charge is 2.39. The minimum atomic E-state index is 0.665. The molecule has 4 heteroatoms. The van der Waals surface area contributed by atoms with Crippen molar-refractivity contribution >= 4 is 5.69 Å². The van der Waals surface area contributed by atoms with Crippen LogP contribution in [-0.2, 0) is 0 Å². The first-order chi connectivity index (χ1) is 9.78. The summed E-state index contributed by atoms with van der Waals surface area (Å²) in [7, 11) is 0. The van der Waals surface area contributed by atoms with Gasteiger partial charge in [0, 0.05) is 17.3 Å². The Morgan fingerprint density at radius 3 is 2.90 bits per heavy atom. The zero-order chi connectivity index (χ0) is 13.5. The number of aromatic amines is 1. The molecule has 0 saturated heterocycles. The zero-order valence-electron chi connectivity index (χ0n) is 11.8. The fraction of sp³-hybridized carbons (Fsp3) is 0.500. The van der Waals surface area contributed by atoms with Crippen molar-refractivity contribution in [1.29, 1.82) is 0 Å². The quantitative estimate of drug-likeness (QED) is 0.897. The Balaban J connectivity index is 1.54. The molecule has 2 aliphatic rings. The van der Waals surface area contributed by atoms with Crippen LogP contribution in [0.3, 0.4) is 0 Å². The summed E-state index contributed by atoms with van der Waals surface area (Å²) in [4.78, 5) is 4.40. The van der Waals surface area contributed by atoms with E-state index in [1.165, 1.54) is 31.4 Å². The number of benzene rings is 1. The maximum Gasteiger partial charge on any atom is 0.181 e. The standard InChI is InChI=1S/C16H20N4/c1-10-17-16(20-19-10)13-3-2-4-14(9-13)18-15-8-11-5-6-12(15)7-11/h2-4,9,11-12,15,18H,5-8H2,1H3,(H,17,19,20). The first kappa shape index (κ1) is 11.9. The van der Waals surface area contributed by atoms with Crippen molar-refractivity contribution in [2.45, 2.75) is 38.6 Å². The Bertz CT molecular complexity index is 618. The van der Waals surface area contributed by atoms with Crippen LogP contribution in [0.4, 0.5) is 5.69 Å². The normalized spacial score (nSPS) is 27.9. The van der Waals surface area contributed by atoms with Crippen molar-refractivity contribution in [2.24, 2.45) is 11.8 Å². The number of aromatic nitrogens is 3. The van der Waals surface area contributed by atoms with Crippen LogP contribution in [-0.4, -0.2) is 21.2 Å². The smallest absolute Gasteiger partial charge is 0.181 e. The van der Waals surface area contributed by atoms with Crippen molar-refractivity contribution in [3.8, 4) is 11.4 Å². The fourth-order valence-corrected chi connectivity index (χ4v) is 3.86. The van der Waals surface area contributed by atoms with Gasteiger partial charge in [-0.3, -0.25) is 5.10 Å².